The molecular weight excluding hydrogens is 426 g/mol. The number of carbonyl (C=O) groups excluding carboxylic acids is 3. The average molecular weight is 466 g/mol. The molecule has 0 saturated heterocycles. The number of Topliss-reactive ketones (excluding diaryl/α,β-unsaturated/α-hetero) is 1. The Morgan fingerprint density at radius 2 is 1.50 bits per heavy atom. The second kappa shape index (κ2) is 18.8. The fourth-order valence-corrected chi connectivity index (χ4v) is 2.58. The number of benzene rings is 2. The Hall–Kier alpha value is -3.73. The average Bonchev–Trinajstić information content (AvgIpc) is 3.21. The van der Waals surface area contributed by atoms with Gasteiger partial charge in [-0.3, -0.25) is 9.59 Å². The van der Waals surface area contributed by atoms with Gasteiger partial charge in [0.1, 0.15) is 0 Å². The lowest BCUT2D eigenvalue weighted by atomic mass is 10.1. The summed E-state index contributed by atoms with van der Waals surface area (Å²) in [6.45, 7) is 11.7. The third-order valence-electron chi connectivity index (χ3n) is 4.03. The van der Waals surface area contributed by atoms with Crippen molar-refractivity contribution >= 4 is 23.3 Å². The highest BCUT2D eigenvalue weighted by Gasteiger charge is 2.14. The molecule has 0 spiro atoms. The number of ether oxygens (including phenoxy) is 1. The number of ketones is 1. The van der Waals surface area contributed by atoms with E-state index in [0.717, 1.165) is 6.42 Å². The normalized spacial score (nSPS) is 10.9. The van der Waals surface area contributed by atoms with E-state index in [-0.39, 0.29) is 25.3 Å². The summed E-state index contributed by atoms with van der Waals surface area (Å²) in [6, 6.07) is 15.2. The van der Waals surface area contributed by atoms with Gasteiger partial charge in [0.05, 0.1) is 5.56 Å². The van der Waals surface area contributed by atoms with Crippen molar-refractivity contribution < 1.29 is 20.5 Å². The van der Waals surface area contributed by atoms with Crippen molar-refractivity contribution in [2.75, 3.05) is 11.9 Å². The van der Waals surface area contributed by atoms with Gasteiger partial charge in [-0.15, -0.1) is 0 Å². The summed E-state index contributed by atoms with van der Waals surface area (Å²) in [4.78, 5) is 36.7. The number of esters is 1. The fraction of sp³-hybridized carbons (Fsp3) is 0.276. The summed E-state index contributed by atoms with van der Waals surface area (Å²) in [5.41, 5.74) is 1.73. The molecule has 5 heteroatoms. The number of allylic oxidation sites excluding steroid dienone is 5. The van der Waals surface area contributed by atoms with Crippen LogP contribution in [0.25, 0.3) is 0 Å². The molecular formula is C29H39NO4. The summed E-state index contributed by atoms with van der Waals surface area (Å²) >= 11 is 0. The molecule has 1 N–H and O–H groups in total. The van der Waals surface area contributed by atoms with Crippen molar-refractivity contribution in [1.29, 1.82) is 0 Å². The van der Waals surface area contributed by atoms with Gasteiger partial charge in [0.25, 0.3) is 5.91 Å². The molecule has 1 amide bonds. The van der Waals surface area contributed by atoms with Gasteiger partial charge in [-0.2, -0.15) is 0 Å². The van der Waals surface area contributed by atoms with Crippen molar-refractivity contribution in [2.45, 2.75) is 48.0 Å². The Bertz CT molecular complexity index is 979. The maximum absolute atomic E-state index is 12.3. The fourth-order valence-electron chi connectivity index (χ4n) is 2.58. The maximum Gasteiger partial charge on any atom is 0.338 e. The van der Waals surface area contributed by atoms with Gasteiger partial charge in [0, 0.05) is 18.3 Å². The first-order chi connectivity index (χ1) is 16.6. The van der Waals surface area contributed by atoms with Crippen LogP contribution in [-0.4, -0.2) is 24.3 Å². The molecule has 2 aromatic rings. The second-order valence-electron chi connectivity index (χ2n) is 6.09. The second-order valence-corrected chi connectivity index (χ2v) is 6.09. The molecule has 0 fully saturated rings. The van der Waals surface area contributed by atoms with Crippen molar-refractivity contribution in [3.8, 4) is 0 Å². The Morgan fingerprint density at radius 3 is 2.18 bits per heavy atom. The number of hydrogen-bond donors (Lipinski definition) is 1. The van der Waals surface area contributed by atoms with E-state index < -0.39 is 5.97 Å². The van der Waals surface area contributed by atoms with Gasteiger partial charge in [0.15, 0.2) is 12.4 Å². The highest BCUT2D eigenvalue weighted by atomic mass is 16.5. The quantitative estimate of drug-likeness (QED) is 0.450. The number of anilines is 1. The van der Waals surface area contributed by atoms with E-state index in [1.54, 1.807) is 60.7 Å². The molecule has 0 aliphatic heterocycles. The van der Waals surface area contributed by atoms with Gasteiger partial charge in [0.2, 0.25) is 0 Å². The SMILES string of the molecule is CC.CC.CC.O=C(COC(=O)c1cccc(NC(=O)c2ccccc2)c1)C1=CC=CCC=C1.[HH]. The first kappa shape index (κ1) is 30.3. The van der Waals surface area contributed by atoms with Crippen molar-refractivity contribution in [2.24, 2.45) is 0 Å². The van der Waals surface area contributed by atoms with E-state index in [1.165, 1.54) is 6.07 Å². The number of hydrogen-bond acceptors (Lipinski definition) is 4. The van der Waals surface area contributed by atoms with Gasteiger partial charge >= 0.3 is 5.97 Å². The molecule has 5 nitrogen and oxygen atoms in total. The summed E-state index contributed by atoms with van der Waals surface area (Å²) in [6.07, 6.45) is 9.77. The number of rotatable bonds is 6. The summed E-state index contributed by atoms with van der Waals surface area (Å²) in [5.74, 6) is -1.18. The van der Waals surface area contributed by atoms with Crippen LogP contribution in [0.4, 0.5) is 5.69 Å². The summed E-state index contributed by atoms with van der Waals surface area (Å²) in [5, 5.41) is 2.74. The molecule has 184 valence electrons. The monoisotopic (exact) mass is 465 g/mol. The van der Waals surface area contributed by atoms with Crippen molar-refractivity contribution in [1.82, 2.24) is 0 Å². The zero-order valence-electron chi connectivity index (χ0n) is 21.1. The van der Waals surface area contributed by atoms with Crippen LogP contribution >= 0.6 is 0 Å². The van der Waals surface area contributed by atoms with E-state index in [1.807, 2.05) is 59.8 Å². The van der Waals surface area contributed by atoms with Crippen LogP contribution in [0, 0.1) is 0 Å². The molecule has 1 aliphatic carbocycles. The highest BCUT2D eigenvalue weighted by Crippen LogP contribution is 2.14. The minimum Gasteiger partial charge on any atom is -0.454 e. The minimum absolute atomic E-state index is 0. The van der Waals surface area contributed by atoms with Crippen LogP contribution in [0.3, 0.4) is 0 Å². The minimum atomic E-state index is -0.627. The lowest BCUT2D eigenvalue weighted by Crippen LogP contribution is -2.16. The Balaban J connectivity index is 0. The number of carbonyl (C=O) groups is 3. The Kier molecular flexibility index (Phi) is 16.7. The first-order valence-corrected chi connectivity index (χ1v) is 11.8. The van der Waals surface area contributed by atoms with Gasteiger partial charge < -0.3 is 10.1 Å². The molecule has 2 aromatic carbocycles. The Labute approximate surface area is 205 Å². The predicted molar refractivity (Wildman–Crippen MR) is 143 cm³/mol. The van der Waals surface area contributed by atoms with Crippen molar-refractivity contribution in [3.05, 3.63) is 102 Å². The standard InChI is InChI=1S/C23H19NO4.3C2H6.H2/c25-21(17-9-4-1-2-5-10-17)16-28-23(27)19-13-8-14-20(15-19)24-22(26)18-11-6-3-7-12-18;3*1-2;/h1,3-15H,2,16H2,(H,24,26);3*1-2H3;1H. The number of amides is 1. The first-order valence-electron chi connectivity index (χ1n) is 11.8. The smallest absolute Gasteiger partial charge is 0.338 e. The molecule has 0 bridgehead atoms. The van der Waals surface area contributed by atoms with Gasteiger partial charge in [-0.1, -0.05) is 96.2 Å². The molecule has 0 radical (unpaired) electrons. The lowest BCUT2D eigenvalue weighted by molar-refractivity contribution is -0.118. The predicted octanol–water partition coefficient (Wildman–Crippen LogP) is 7.43. The van der Waals surface area contributed by atoms with E-state index in [9.17, 15) is 14.4 Å². The van der Waals surface area contributed by atoms with Gasteiger partial charge in [-0.05, 0) is 36.8 Å². The number of nitrogens with one attached hydrogen (secondary N) is 1. The molecule has 0 unspecified atom stereocenters. The van der Waals surface area contributed by atoms with E-state index in [0.29, 0.717) is 16.8 Å². The zero-order valence-corrected chi connectivity index (χ0v) is 21.1. The third kappa shape index (κ3) is 10.7. The molecule has 0 heterocycles. The lowest BCUT2D eigenvalue weighted by Gasteiger charge is -2.08. The molecule has 1 aliphatic rings. The van der Waals surface area contributed by atoms with E-state index in [4.69, 9.17) is 4.74 Å². The van der Waals surface area contributed by atoms with E-state index >= 15 is 0 Å². The van der Waals surface area contributed by atoms with E-state index in [2.05, 4.69) is 5.32 Å². The maximum atomic E-state index is 12.3. The van der Waals surface area contributed by atoms with Crippen LogP contribution < -0.4 is 5.32 Å². The molecule has 0 aromatic heterocycles. The Morgan fingerprint density at radius 1 is 0.853 bits per heavy atom. The van der Waals surface area contributed by atoms with Crippen LogP contribution in [-0.2, 0) is 9.53 Å². The molecule has 34 heavy (non-hydrogen) atoms. The molecule has 0 saturated carbocycles. The molecule has 0 atom stereocenters. The third-order valence-corrected chi connectivity index (χ3v) is 4.03. The van der Waals surface area contributed by atoms with Crippen molar-refractivity contribution in [3.63, 3.8) is 0 Å². The van der Waals surface area contributed by atoms with Crippen LogP contribution in [0.1, 0.15) is 70.1 Å². The van der Waals surface area contributed by atoms with Crippen LogP contribution in [0.5, 0.6) is 0 Å². The van der Waals surface area contributed by atoms with Crippen LogP contribution in [0.15, 0.2) is 90.6 Å². The van der Waals surface area contributed by atoms with Crippen LogP contribution in [0.2, 0.25) is 0 Å². The molecule has 3 rings (SSSR count). The largest absolute Gasteiger partial charge is 0.454 e. The highest BCUT2D eigenvalue weighted by molar-refractivity contribution is 6.05. The summed E-state index contributed by atoms with van der Waals surface area (Å²) in [7, 11) is 0. The topological polar surface area (TPSA) is 72.5 Å². The summed E-state index contributed by atoms with van der Waals surface area (Å²) < 4.78 is 5.13. The zero-order chi connectivity index (χ0) is 25.8. The van der Waals surface area contributed by atoms with Gasteiger partial charge in [-0.25, -0.2) is 4.79 Å².